The summed E-state index contributed by atoms with van der Waals surface area (Å²) in [6.07, 6.45) is 1.05. The first-order valence-corrected chi connectivity index (χ1v) is 12.5. The van der Waals surface area contributed by atoms with E-state index in [0.29, 0.717) is 43.6 Å². The van der Waals surface area contributed by atoms with Crippen LogP contribution in [0.1, 0.15) is 30.6 Å². The van der Waals surface area contributed by atoms with Crippen molar-refractivity contribution in [3.63, 3.8) is 0 Å². The number of amides is 1. The molecule has 2 aromatic rings. The molecule has 6 nitrogen and oxygen atoms in total. The Morgan fingerprint density at radius 2 is 1.42 bits per heavy atom. The van der Waals surface area contributed by atoms with Gasteiger partial charge in [0.05, 0.1) is 4.90 Å². The first kappa shape index (κ1) is 21.8. The summed E-state index contributed by atoms with van der Waals surface area (Å²) in [6.45, 7) is 8.17. The number of anilines is 1. The lowest BCUT2D eigenvalue weighted by molar-refractivity contribution is 0.0746. The van der Waals surface area contributed by atoms with Crippen molar-refractivity contribution in [3.8, 4) is 0 Å². The molecule has 0 radical (unpaired) electrons. The van der Waals surface area contributed by atoms with Crippen LogP contribution >= 0.6 is 0 Å². The second-order valence-corrected chi connectivity index (χ2v) is 10.8. The number of carbonyl (C=O) groups excluding carboxylic acids is 1. The molecule has 2 atom stereocenters. The van der Waals surface area contributed by atoms with E-state index in [-0.39, 0.29) is 10.8 Å². The Morgan fingerprint density at radius 1 is 0.839 bits per heavy atom. The maximum Gasteiger partial charge on any atom is 0.253 e. The van der Waals surface area contributed by atoms with Crippen molar-refractivity contribution in [1.82, 2.24) is 9.21 Å². The lowest BCUT2D eigenvalue weighted by atomic mass is 9.94. The molecule has 31 heavy (non-hydrogen) atoms. The van der Waals surface area contributed by atoms with Crippen LogP contribution < -0.4 is 4.90 Å². The molecular weight excluding hydrogens is 410 g/mol. The standard InChI is InChI=1S/C24H31N3O3S/c1-19-16-20(2)18-27(17-19)31(29,30)23-10-8-21(9-11-23)24(28)26-14-12-25(13-15-26)22-6-4-3-5-7-22/h3-11,19-20H,12-18H2,1-2H3/t19-,20-/m0/s1. The summed E-state index contributed by atoms with van der Waals surface area (Å²) in [4.78, 5) is 17.3. The van der Waals surface area contributed by atoms with E-state index in [2.05, 4.69) is 30.9 Å². The fourth-order valence-electron chi connectivity index (χ4n) is 4.71. The Labute approximate surface area is 185 Å². The molecule has 2 aliphatic heterocycles. The van der Waals surface area contributed by atoms with Crippen molar-refractivity contribution >= 4 is 21.6 Å². The van der Waals surface area contributed by atoms with Crippen molar-refractivity contribution in [2.75, 3.05) is 44.2 Å². The topological polar surface area (TPSA) is 60.9 Å². The SMILES string of the molecule is C[C@H]1C[C@H](C)CN(S(=O)(=O)c2ccc(C(=O)N3CCN(c4ccccc4)CC3)cc2)C1. The number of para-hydroxylation sites is 1. The molecule has 2 fully saturated rings. The van der Waals surface area contributed by atoms with Crippen molar-refractivity contribution in [2.24, 2.45) is 11.8 Å². The molecule has 4 rings (SSSR count). The van der Waals surface area contributed by atoms with Crippen LogP contribution in [-0.2, 0) is 10.0 Å². The van der Waals surface area contributed by atoms with Crippen molar-refractivity contribution < 1.29 is 13.2 Å². The van der Waals surface area contributed by atoms with Crippen molar-refractivity contribution in [1.29, 1.82) is 0 Å². The van der Waals surface area contributed by atoms with E-state index in [1.165, 1.54) is 5.69 Å². The van der Waals surface area contributed by atoms with Crippen LogP contribution in [0.5, 0.6) is 0 Å². The highest BCUT2D eigenvalue weighted by atomic mass is 32.2. The smallest absolute Gasteiger partial charge is 0.253 e. The largest absolute Gasteiger partial charge is 0.368 e. The molecule has 2 saturated heterocycles. The molecular formula is C24H31N3O3S. The minimum absolute atomic E-state index is 0.0446. The zero-order chi connectivity index (χ0) is 22.0. The average Bonchev–Trinajstić information content (AvgIpc) is 2.79. The van der Waals surface area contributed by atoms with E-state index < -0.39 is 10.0 Å². The summed E-state index contributed by atoms with van der Waals surface area (Å²) in [5.74, 6) is 0.666. The van der Waals surface area contributed by atoms with Gasteiger partial charge in [0.25, 0.3) is 5.91 Å². The third-order valence-corrected chi connectivity index (χ3v) is 8.11. The number of piperazine rings is 1. The van der Waals surface area contributed by atoms with Gasteiger partial charge in [-0.2, -0.15) is 4.31 Å². The Hall–Kier alpha value is -2.38. The quantitative estimate of drug-likeness (QED) is 0.730. The van der Waals surface area contributed by atoms with Gasteiger partial charge in [0.1, 0.15) is 0 Å². The average molecular weight is 442 g/mol. The predicted molar refractivity (Wildman–Crippen MR) is 123 cm³/mol. The van der Waals surface area contributed by atoms with Crippen LogP contribution in [0, 0.1) is 11.8 Å². The number of nitrogens with zero attached hydrogens (tertiary/aromatic N) is 3. The van der Waals surface area contributed by atoms with Gasteiger partial charge in [0.2, 0.25) is 10.0 Å². The Kier molecular flexibility index (Phi) is 6.34. The summed E-state index contributed by atoms with van der Waals surface area (Å²) in [5, 5.41) is 0. The third kappa shape index (κ3) is 4.77. The molecule has 0 saturated carbocycles. The second kappa shape index (κ2) is 9.01. The fourth-order valence-corrected chi connectivity index (χ4v) is 6.39. The van der Waals surface area contributed by atoms with E-state index in [1.807, 2.05) is 23.1 Å². The highest BCUT2D eigenvalue weighted by Gasteiger charge is 2.32. The number of sulfonamides is 1. The molecule has 2 aliphatic rings. The zero-order valence-electron chi connectivity index (χ0n) is 18.3. The number of hydrogen-bond acceptors (Lipinski definition) is 4. The van der Waals surface area contributed by atoms with Gasteiger partial charge in [0.15, 0.2) is 0 Å². The lowest BCUT2D eigenvalue weighted by Crippen LogP contribution is -2.48. The molecule has 2 heterocycles. The van der Waals surface area contributed by atoms with Crippen LogP contribution in [0.3, 0.4) is 0 Å². The van der Waals surface area contributed by atoms with Gasteiger partial charge in [-0.25, -0.2) is 8.42 Å². The minimum atomic E-state index is -3.53. The normalized spacial score (nSPS) is 23.0. The Bertz CT molecular complexity index is 990. The van der Waals surface area contributed by atoms with Gasteiger partial charge in [-0.05, 0) is 54.7 Å². The van der Waals surface area contributed by atoms with Gasteiger partial charge in [-0.1, -0.05) is 32.0 Å². The molecule has 0 unspecified atom stereocenters. The van der Waals surface area contributed by atoms with Crippen LogP contribution in [0.2, 0.25) is 0 Å². The molecule has 7 heteroatoms. The first-order chi connectivity index (χ1) is 14.8. The molecule has 0 aliphatic carbocycles. The molecule has 0 spiro atoms. The van der Waals surface area contributed by atoms with Crippen LogP contribution in [0.15, 0.2) is 59.5 Å². The van der Waals surface area contributed by atoms with Crippen LogP contribution in [0.4, 0.5) is 5.69 Å². The number of carbonyl (C=O) groups is 1. The van der Waals surface area contributed by atoms with E-state index in [4.69, 9.17) is 0 Å². The highest BCUT2D eigenvalue weighted by molar-refractivity contribution is 7.89. The molecule has 0 N–H and O–H groups in total. The summed E-state index contributed by atoms with van der Waals surface area (Å²) in [7, 11) is -3.53. The lowest BCUT2D eigenvalue weighted by Gasteiger charge is -2.36. The molecule has 0 bridgehead atoms. The fraction of sp³-hybridized carbons (Fsp3) is 0.458. The molecule has 1 amide bonds. The number of rotatable bonds is 4. The van der Waals surface area contributed by atoms with Gasteiger partial charge in [-0.3, -0.25) is 4.79 Å². The highest BCUT2D eigenvalue weighted by Crippen LogP contribution is 2.27. The van der Waals surface area contributed by atoms with E-state index in [1.54, 1.807) is 28.6 Å². The summed E-state index contributed by atoms with van der Waals surface area (Å²) in [5.41, 5.74) is 1.71. The van der Waals surface area contributed by atoms with Crippen molar-refractivity contribution in [2.45, 2.75) is 25.2 Å². The second-order valence-electron chi connectivity index (χ2n) is 8.91. The van der Waals surface area contributed by atoms with Crippen LogP contribution in [-0.4, -0.2) is 62.8 Å². The van der Waals surface area contributed by atoms with Crippen molar-refractivity contribution in [3.05, 3.63) is 60.2 Å². The zero-order valence-corrected chi connectivity index (χ0v) is 19.1. The summed E-state index contributed by atoms with van der Waals surface area (Å²) in [6, 6.07) is 16.7. The Balaban J connectivity index is 1.41. The van der Waals surface area contributed by atoms with Gasteiger partial charge < -0.3 is 9.80 Å². The maximum absolute atomic E-state index is 13.1. The molecule has 166 valence electrons. The number of hydrogen-bond donors (Lipinski definition) is 0. The number of piperidine rings is 1. The predicted octanol–water partition coefficient (Wildman–Crippen LogP) is 3.32. The van der Waals surface area contributed by atoms with E-state index >= 15 is 0 Å². The summed E-state index contributed by atoms with van der Waals surface area (Å²) < 4.78 is 27.7. The van der Waals surface area contributed by atoms with Gasteiger partial charge >= 0.3 is 0 Å². The van der Waals surface area contributed by atoms with E-state index in [9.17, 15) is 13.2 Å². The monoisotopic (exact) mass is 441 g/mol. The first-order valence-electron chi connectivity index (χ1n) is 11.0. The van der Waals surface area contributed by atoms with Gasteiger partial charge in [-0.15, -0.1) is 0 Å². The minimum Gasteiger partial charge on any atom is -0.368 e. The Morgan fingerprint density at radius 3 is 2.00 bits per heavy atom. The maximum atomic E-state index is 13.1. The third-order valence-electron chi connectivity index (χ3n) is 6.26. The van der Waals surface area contributed by atoms with Crippen LogP contribution in [0.25, 0.3) is 0 Å². The number of benzene rings is 2. The molecule has 0 aromatic heterocycles. The molecule has 2 aromatic carbocycles. The summed E-state index contributed by atoms with van der Waals surface area (Å²) >= 11 is 0. The van der Waals surface area contributed by atoms with Gasteiger partial charge in [0, 0.05) is 50.5 Å². The van der Waals surface area contributed by atoms with E-state index in [0.717, 1.165) is 19.5 Å².